The Kier molecular flexibility index (Phi) is 4.31. The Morgan fingerprint density at radius 2 is 1.92 bits per heavy atom. The standard InChI is InChI=1S/C20H21BrN2O3/c21-20-8-13-5-14(9-20)7-19(6-13,12-20)18(25)26-11-17(24)23-16-4-2-1-3-15(16)10-22/h1-4,13-14H,5-9,11-12H2,(H,23,24). The maximum atomic E-state index is 12.8. The zero-order chi connectivity index (χ0) is 18.4. The fourth-order valence-electron chi connectivity index (χ4n) is 5.55. The Hall–Kier alpha value is -1.87. The molecule has 2 atom stereocenters. The van der Waals surface area contributed by atoms with Gasteiger partial charge in [0.25, 0.3) is 5.91 Å². The average Bonchev–Trinajstić information content (AvgIpc) is 2.58. The van der Waals surface area contributed by atoms with Crippen molar-refractivity contribution in [1.82, 2.24) is 0 Å². The summed E-state index contributed by atoms with van der Waals surface area (Å²) in [5.41, 5.74) is 0.387. The first kappa shape index (κ1) is 17.5. The van der Waals surface area contributed by atoms with E-state index < -0.39 is 11.3 Å². The Balaban J connectivity index is 1.38. The van der Waals surface area contributed by atoms with Crippen molar-refractivity contribution in [2.24, 2.45) is 17.3 Å². The Bertz CT molecular complexity index is 786. The molecule has 1 N–H and O–H groups in total. The smallest absolute Gasteiger partial charge is 0.312 e. The number of halogens is 1. The van der Waals surface area contributed by atoms with Gasteiger partial charge < -0.3 is 10.1 Å². The van der Waals surface area contributed by atoms with Crippen molar-refractivity contribution in [3.8, 4) is 6.07 Å². The maximum Gasteiger partial charge on any atom is 0.312 e. The fraction of sp³-hybridized carbons (Fsp3) is 0.550. The van der Waals surface area contributed by atoms with Gasteiger partial charge in [0.1, 0.15) is 6.07 Å². The number of alkyl halides is 1. The van der Waals surface area contributed by atoms with Gasteiger partial charge in [-0.05, 0) is 62.5 Å². The first-order valence-electron chi connectivity index (χ1n) is 9.07. The summed E-state index contributed by atoms with van der Waals surface area (Å²) >= 11 is 3.88. The van der Waals surface area contributed by atoms with Gasteiger partial charge in [0, 0.05) is 4.32 Å². The monoisotopic (exact) mass is 416 g/mol. The summed E-state index contributed by atoms with van der Waals surface area (Å²) in [7, 11) is 0. The van der Waals surface area contributed by atoms with Gasteiger partial charge in [-0.1, -0.05) is 28.1 Å². The first-order chi connectivity index (χ1) is 12.4. The van der Waals surface area contributed by atoms with E-state index >= 15 is 0 Å². The van der Waals surface area contributed by atoms with Crippen molar-refractivity contribution in [3.05, 3.63) is 29.8 Å². The summed E-state index contributed by atoms with van der Waals surface area (Å²) in [5, 5.41) is 11.7. The maximum absolute atomic E-state index is 12.8. The highest BCUT2D eigenvalue weighted by Crippen LogP contribution is 2.64. The van der Waals surface area contributed by atoms with Gasteiger partial charge in [-0.3, -0.25) is 9.59 Å². The van der Waals surface area contributed by atoms with Gasteiger partial charge in [-0.2, -0.15) is 5.26 Å². The third-order valence-corrected chi connectivity index (χ3v) is 7.01. The fourth-order valence-corrected chi connectivity index (χ4v) is 7.00. The van der Waals surface area contributed by atoms with Crippen LogP contribution in [0.15, 0.2) is 24.3 Å². The molecule has 0 radical (unpaired) electrons. The molecule has 136 valence electrons. The van der Waals surface area contributed by atoms with Gasteiger partial charge in [0.15, 0.2) is 6.61 Å². The molecule has 0 saturated heterocycles. The minimum Gasteiger partial charge on any atom is -0.455 e. The lowest BCUT2D eigenvalue weighted by molar-refractivity contribution is -0.170. The van der Waals surface area contributed by atoms with Crippen LogP contribution in [0, 0.1) is 28.6 Å². The number of nitrogens with one attached hydrogen (secondary N) is 1. The molecule has 0 spiro atoms. The van der Waals surface area contributed by atoms with Crippen LogP contribution in [0.3, 0.4) is 0 Å². The molecule has 1 aromatic rings. The largest absolute Gasteiger partial charge is 0.455 e. The zero-order valence-corrected chi connectivity index (χ0v) is 16.0. The number of amides is 1. The van der Waals surface area contributed by atoms with E-state index in [4.69, 9.17) is 10.00 Å². The zero-order valence-electron chi connectivity index (χ0n) is 14.5. The first-order valence-corrected chi connectivity index (χ1v) is 9.86. The SMILES string of the molecule is N#Cc1ccccc1NC(=O)COC(=O)C12CC3CC(CC(Br)(C3)C1)C2. The number of carbonyl (C=O) groups excluding carboxylic acids is 2. The van der Waals surface area contributed by atoms with Crippen molar-refractivity contribution in [2.45, 2.75) is 42.8 Å². The van der Waals surface area contributed by atoms with Crippen LogP contribution in [-0.2, 0) is 14.3 Å². The van der Waals surface area contributed by atoms with Crippen LogP contribution in [-0.4, -0.2) is 22.8 Å². The second-order valence-corrected chi connectivity index (χ2v) is 9.86. The molecular weight excluding hydrogens is 396 g/mol. The van der Waals surface area contributed by atoms with E-state index in [-0.39, 0.29) is 16.9 Å². The summed E-state index contributed by atoms with van der Waals surface area (Å²) in [6, 6.07) is 8.80. The van der Waals surface area contributed by atoms with Crippen molar-refractivity contribution < 1.29 is 14.3 Å². The molecule has 5 nitrogen and oxygen atoms in total. The minimum absolute atomic E-state index is 0.0735. The van der Waals surface area contributed by atoms with Crippen LogP contribution in [0.5, 0.6) is 0 Å². The van der Waals surface area contributed by atoms with Crippen LogP contribution in [0.25, 0.3) is 0 Å². The number of rotatable bonds is 4. The third kappa shape index (κ3) is 3.14. The normalized spacial score (nSPS) is 34.2. The lowest BCUT2D eigenvalue weighted by Gasteiger charge is -2.58. The molecular formula is C20H21BrN2O3. The van der Waals surface area contributed by atoms with E-state index in [2.05, 4.69) is 21.2 Å². The number of carbonyl (C=O) groups is 2. The van der Waals surface area contributed by atoms with Crippen molar-refractivity contribution in [2.75, 3.05) is 11.9 Å². The molecule has 1 aromatic carbocycles. The van der Waals surface area contributed by atoms with Crippen molar-refractivity contribution >= 4 is 33.5 Å². The number of ether oxygens (including phenoxy) is 1. The number of hydrogen-bond acceptors (Lipinski definition) is 4. The average molecular weight is 417 g/mol. The van der Waals surface area contributed by atoms with Crippen LogP contribution in [0.4, 0.5) is 5.69 Å². The molecule has 4 saturated carbocycles. The number of hydrogen-bond donors (Lipinski definition) is 1. The van der Waals surface area contributed by atoms with Gasteiger partial charge >= 0.3 is 5.97 Å². The molecule has 4 fully saturated rings. The summed E-state index contributed by atoms with van der Waals surface area (Å²) in [6.07, 6.45) is 6.08. The highest BCUT2D eigenvalue weighted by molar-refractivity contribution is 9.10. The van der Waals surface area contributed by atoms with Gasteiger partial charge in [0.05, 0.1) is 16.7 Å². The van der Waals surface area contributed by atoms with Crippen LogP contribution >= 0.6 is 15.9 Å². The predicted octanol–water partition coefficient (Wildman–Crippen LogP) is 3.77. The molecule has 6 heteroatoms. The van der Waals surface area contributed by atoms with Gasteiger partial charge in [-0.25, -0.2) is 0 Å². The lowest BCUT2D eigenvalue weighted by atomic mass is 9.49. The van der Waals surface area contributed by atoms with E-state index in [1.54, 1.807) is 24.3 Å². The molecule has 1 amide bonds. The quantitative estimate of drug-likeness (QED) is 0.598. The van der Waals surface area contributed by atoms with E-state index in [1.807, 2.05) is 6.07 Å². The van der Waals surface area contributed by atoms with Crippen LogP contribution < -0.4 is 5.32 Å². The van der Waals surface area contributed by atoms with Crippen LogP contribution in [0.2, 0.25) is 0 Å². The van der Waals surface area contributed by atoms with E-state index in [9.17, 15) is 9.59 Å². The third-order valence-electron chi connectivity index (χ3n) is 6.08. The molecule has 5 rings (SSSR count). The Morgan fingerprint density at radius 3 is 2.58 bits per heavy atom. The second-order valence-electron chi connectivity index (χ2n) is 8.17. The number of benzene rings is 1. The molecule has 0 aliphatic heterocycles. The Labute approximate surface area is 161 Å². The summed E-state index contributed by atoms with van der Waals surface area (Å²) in [4.78, 5) is 25.0. The highest BCUT2D eigenvalue weighted by Gasteiger charge is 2.60. The molecule has 2 unspecified atom stereocenters. The number of nitrogens with zero attached hydrogens (tertiary/aromatic N) is 1. The molecule has 4 aliphatic carbocycles. The predicted molar refractivity (Wildman–Crippen MR) is 99.5 cm³/mol. The molecule has 0 aromatic heterocycles. The van der Waals surface area contributed by atoms with Gasteiger partial charge in [0.2, 0.25) is 0 Å². The molecule has 0 heterocycles. The highest BCUT2D eigenvalue weighted by atomic mass is 79.9. The molecule has 26 heavy (non-hydrogen) atoms. The molecule has 4 aliphatic rings. The second kappa shape index (κ2) is 6.38. The minimum atomic E-state index is -0.432. The Morgan fingerprint density at radius 1 is 1.23 bits per heavy atom. The summed E-state index contributed by atoms with van der Waals surface area (Å²) in [6.45, 7) is -0.315. The van der Waals surface area contributed by atoms with E-state index in [1.165, 1.54) is 6.42 Å². The number of anilines is 1. The summed E-state index contributed by atoms with van der Waals surface area (Å²) in [5.74, 6) is 0.512. The number of nitriles is 1. The lowest BCUT2D eigenvalue weighted by Crippen LogP contribution is -2.56. The van der Waals surface area contributed by atoms with E-state index in [0.717, 1.165) is 32.1 Å². The summed E-state index contributed by atoms with van der Waals surface area (Å²) < 4.78 is 5.50. The molecule has 4 bridgehead atoms. The number of para-hydroxylation sites is 1. The van der Waals surface area contributed by atoms with E-state index in [0.29, 0.717) is 23.1 Å². The van der Waals surface area contributed by atoms with Gasteiger partial charge in [-0.15, -0.1) is 0 Å². The van der Waals surface area contributed by atoms with Crippen LogP contribution in [0.1, 0.15) is 44.1 Å². The topological polar surface area (TPSA) is 79.2 Å². The van der Waals surface area contributed by atoms with Crippen molar-refractivity contribution in [3.63, 3.8) is 0 Å². The van der Waals surface area contributed by atoms with Crippen molar-refractivity contribution in [1.29, 1.82) is 5.26 Å². The number of esters is 1.